The molecule has 4 nitrogen and oxygen atoms in total. The Morgan fingerprint density at radius 2 is 2.00 bits per heavy atom. The van der Waals surface area contributed by atoms with Crippen LogP contribution in [0.4, 0.5) is 5.69 Å². The van der Waals surface area contributed by atoms with Crippen molar-refractivity contribution in [1.82, 2.24) is 0 Å². The highest BCUT2D eigenvalue weighted by molar-refractivity contribution is 8.13. The van der Waals surface area contributed by atoms with E-state index >= 15 is 0 Å². The van der Waals surface area contributed by atoms with Gasteiger partial charge < -0.3 is 4.74 Å². The summed E-state index contributed by atoms with van der Waals surface area (Å²) in [4.78, 5) is 20.5. The molecule has 0 radical (unpaired) electrons. The van der Waals surface area contributed by atoms with Crippen LogP contribution < -0.4 is 9.64 Å². The van der Waals surface area contributed by atoms with Gasteiger partial charge >= 0.3 is 0 Å². The van der Waals surface area contributed by atoms with Gasteiger partial charge in [0, 0.05) is 10.6 Å². The maximum Gasteiger partial charge on any atom is 0.283 e. The van der Waals surface area contributed by atoms with E-state index in [1.807, 2.05) is 29.7 Å². The van der Waals surface area contributed by atoms with E-state index in [4.69, 9.17) is 16.3 Å². The van der Waals surface area contributed by atoms with Crippen LogP contribution in [-0.2, 0) is 10.5 Å². The van der Waals surface area contributed by atoms with Crippen molar-refractivity contribution < 1.29 is 9.53 Å². The van der Waals surface area contributed by atoms with Crippen molar-refractivity contribution in [2.45, 2.75) is 12.7 Å². The number of thiophene rings is 1. The monoisotopic (exact) mass is 454 g/mol. The summed E-state index contributed by atoms with van der Waals surface area (Å²) in [6.45, 7) is 2.06. The van der Waals surface area contributed by atoms with E-state index in [2.05, 4.69) is 36.2 Å². The number of hydrogen-bond acceptors (Lipinski definition) is 5. The number of methoxy groups -OCH3 is 1. The number of aryl methyl sites for hydroxylation is 1. The number of anilines is 1. The minimum absolute atomic E-state index is 0.170. The highest BCUT2D eigenvalue weighted by Crippen LogP contribution is 2.35. The van der Waals surface area contributed by atoms with E-state index in [0.29, 0.717) is 33.1 Å². The maximum absolute atomic E-state index is 13.2. The number of nitrogens with zero attached hydrogens (tertiary/aromatic N) is 2. The predicted molar refractivity (Wildman–Crippen MR) is 128 cm³/mol. The zero-order valence-corrected chi connectivity index (χ0v) is 18.9. The van der Waals surface area contributed by atoms with Gasteiger partial charge in [-0.05, 0) is 48.2 Å². The average molecular weight is 455 g/mol. The molecule has 0 bridgehead atoms. The molecular formula is C23H19ClN2O2S2. The lowest BCUT2D eigenvalue weighted by Crippen LogP contribution is -2.30. The number of ether oxygens (including phenoxy) is 1. The predicted octanol–water partition coefficient (Wildman–Crippen LogP) is 6.40. The summed E-state index contributed by atoms with van der Waals surface area (Å²) in [6.07, 6.45) is 1.82. The highest BCUT2D eigenvalue weighted by atomic mass is 35.5. The van der Waals surface area contributed by atoms with Crippen molar-refractivity contribution in [3.63, 3.8) is 0 Å². The Hall–Kier alpha value is -2.54. The third-order valence-corrected chi connectivity index (χ3v) is 6.66. The summed E-state index contributed by atoms with van der Waals surface area (Å²) in [6, 6.07) is 17.6. The lowest BCUT2D eigenvalue weighted by molar-refractivity contribution is -0.113. The fourth-order valence-corrected chi connectivity index (χ4v) is 4.83. The Morgan fingerprint density at radius 3 is 2.67 bits per heavy atom. The molecular weight excluding hydrogens is 436 g/mol. The summed E-state index contributed by atoms with van der Waals surface area (Å²) in [5.41, 5.74) is 3.46. The highest BCUT2D eigenvalue weighted by Gasteiger charge is 2.32. The van der Waals surface area contributed by atoms with Gasteiger partial charge in [0.05, 0.1) is 17.8 Å². The van der Waals surface area contributed by atoms with Crippen molar-refractivity contribution in [2.75, 3.05) is 12.0 Å². The van der Waals surface area contributed by atoms with Crippen molar-refractivity contribution in [1.29, 1.82) is 0 Å². The summed E-state index contributed by atoms with van der Waals surface area (Å²) < 4.78 is 5.24. The first-order valence-electron chi connectivity index (χ1n) is 9.25. The Balaban J connectivity index is 1.66. The van der Waals surface area contributed by atoms with E-state index in [-0.39, 0.29) is 5.91 Å². The van der Waals surface area contributed by atoms with Crippen LogP contribution in [0.2, 0.25) is 5.02 Å². The molecule has 0 saturated heterocycles. The smallest absolute Gasteiger partial charge is 0.283 e. The zero-order valence-electron chi connectivity index (χ0n) is 16.5. The molecule has 0 aliphatic carbocycles. The van der Waals surface area contributed by atoms with Crippen LogP contribution in [0, 0.1) is 6.92 Å². The second-order valence-electron chi connectivity index (χ2n) is 6.67. The van der Waals surface area contributed by atoms with Gasteiger partial charge in [0.15, 0.2) is 5.17 Å². The maximum atomic E-state index is 13.2. The van der Waals surface area contributed by atoms with Crippen LogP contribution >= 0.6 is 34.7 Å². The molecule has 0 fully saturated rings. The van der Waals surface area contributed by atoms with E-state index in [1.165, 1.54) is 22.9 Å². The fraction of sp³-hybridized carbons (Fsp3) is 0.130. The third-order valence-electron chi connectivity index (χ3n) is 4.53. The number of carbonyl (C=O) groups excluding carboxylic acids is 1. The normalized spacial score (nSPS) is 15.0. The third kappa shape index (κ3) is 4.46. The van der Waals surface area contributed by atoms with Crippen LogP contribution in [0.5, 0.6) is 5.75 Å². The Morgan fingerprint density at radius 1 is 1.20 bits per heavy atom. The summed E-state index contributed by atoms with van der Waals surface area (Å²) >= 11 is 9.41. The number of aliphatic imine (C=N–C) groups is 1. The molecule has 0 unspecified atom stereocenters. The van der Waals surface area contributed by atoms with Crippen molar-refractivity contribution in [3.8, 4) is 5.75 Å². The minimum atomic E-state index is -0.170. The first kappa shape index (κ1) is 20.7. The van der Waals surface area contributed by atoms with Crippen LogP contribution in [0.1, 0.15) is 16.0 Å². The molecule has 3 aromatic rings. The summed E-state index contributed by atoms with van der Waals surface area (Å²) in [5.74, 6) is 1.10. The standard InChI is InChI=1S/C23H19ClN2O2S2/c1-15-5-7-16(8-6-15)14-30-23-25-20(13-18-4-3-11-29-18)22(27)26(23)17-9-10-21(28-2)19(24)12-17/h3-13H,14H2,1-2H3/b20-13+. The molecule has 1 aliphatic heterocycles. The molecule has 7 heteroatoms. The lowest BCUT2D eigenvalue weighted by atomic mass is 10.2. The van der Waals surface area contributed by atoms with E-state index < -0.39 is 0 Å². The molecule has 4 rings (SSSR count). The average Bonchev–Trinajstić information content (AvgIpc) is 3.36. The number of hydrogen-bond donors (Lipinski definition) is 0. The molecule has 1 aliphatic rings. The molecule has 0 N–H and O–H groups in total. The first-order valence-corrected chi connectivity index (χ1v) is 11.5. The molecule has 0 saturated carbocycles. The van der Waals surface area contributed by atoms with Crippen LogP contribution in [0.15, 0.2) is 70.7 Å². The summed E-state index contributed by atoms with van der Waals surface area (Å²) in [7, 11) is 1.56. The van der Waals surface area contributed by atoms with Crippen LogP contribution in [-0.4, -0.2) is 18.2 Å². The van der Waals surface area contributed by atoms with E-state index in [0.717, 1.165) is 4.88 Å². The molecule has 2 aromatic carbocycles. The Bertz CT molecular complexity index is 1120. The molecule has 2 heterocycles. The second kappa shape index (κ2) is 9.08. The van der Waals surface area contributed by atoms with Gasteiger partial charge in [-0.25, -0.2) is 4.99 Å². The number of halogens is 1. The number of benzene rings is 2. The number of amidine groups is 1. The molecule has 152 valence electrons. The number of amides is 1. The minimum Gasteiger partial charge on any atom is -0.495 e. The van der Waals surface area contributed by atoms with Crippen LogP contribution in [0.3, 0.4) is 0 Å². The summed E-state index contributed by atoms with van der Waals surface area (Å²) in [5, 5.41) is 3.05. The first-order chi connectivity index (χ1) is 14.5. The van der Waals surface area contributed by atoms with Gasteiger partial charge in [0.1, 0.15) is 11.4 Å². The quantitative estimate of drug-likeness (QED) is 0.419. The van der Waals surface area contributed by atoms with Gasteiger partial charge in [-0.3, -0.25) is 9.69 Å². The molecule has 0 atom stereocenters. The molecule has 30 heavy (non-hydrogen) atoms. The van der Waals surface area contributed by atoms with Gasteiger partial charge in [-0.15, -0.1) is 11.3 Å². The van der Waals surface area contributed by atoms with Crippen molar-refractivity contribution in [3.05, 3.63) is 86.7 Å². The van der Waals surface area contributed by atoms with Crippen molar-refractivity contribution >= 4 is 57.5 Å². The topological polar surface area (TPSA) is 41.9 Å². The SMILES string of the molecule is COc1ccc(N2C(=O)/C(=C\c3cccs3)N=C2SCc2ccc(C)cc2)cc1Cl. The van der Waals surface area contributed by atoms with Crippen molar-refractivity contribution in [2.24, 2.45) is 4.99 Å². The Kier molecular flexibility index (Phi) is 6.27. The van der Waals surface area contributed by atoms with Crippen LogP contribution in [0.25, 0.3) is 6.08 Å². The number of thioether (sulfide) groups is 1. The van der Waals surface area contributed by atoms with Gasteiger partial charge in [-0.1, -0.05) is 59.3 Å². The van der Waals surface area contributed by atoms with Gasteiger partial charge in [0.25, 0.3) is 5.91 Å². The van der Waals surface area contributed by atoms with Gasteiger partial charge in [-0.2, -0.15) is 0 Å². The number of carbonyl (C=O) groups is 1. The molecule has 1 amide bonds. The van der Waals surface area contributed by atoms with E-state index in [9.17, 15) is 4.79 Å². The largest absolute Gasteiger partial charge is 0.495 e. The van der Waals surface area contributed by atoms with E-state index in [1.54, 1.807) is 35.5 Å². The lowest BCUT2D eigenvalue weighted by Gasteiger charge is -2.18. The fourth-order valence-electron chi connectivity index (χ4n) is 2.96. The Labute approximate surface area is 188 Å². The second-order valence-corrected chi connectivity index (χ2v) is 9.00. The molecule has 1 aromatic heterocycles. The van der Waals surface area contributed by atoms with Gasteiger partial charge in [0.2, 0.25) is 0 Å². The zero-order chi connectivity index (χ0) is 21.1. The molecule has 0 spiro atoms. The number of rotatable bonds is 5.